The van der Waals surface area contributed by atoms with Gasteiger partial charge < -0.3 is 9.63 Å². The summed E-state index contributed by atoms with van der Waals surface area (Å²) in [6.07, 6.45) is 0. The van der Waals surface area contributed by atoms with E-state index in [1.54, 1.807) is 0 Å². The molecule has 1 heterocycles. The molecule has 1 aromatic heterocycles. The van der Waals surface area contributed by atoms with Crippen LogP contribution in [0.3, 0.4) is 0 Å². The number of nitrogens with zero attached hydrogens (tertiary/aromatic N) is 1. The van der Waals surface area contributed by atoms with E-state index in [1.165, 1.54) is 12.1 Å². The Kier molecular flexibility index (Phi) is 2.47. The molecule has 3 nitrogen and oxygen atoms in total. The van der Waals surface area contributed by atoms with Crippen molar-refractivity contribution in [2.75, 3.05) is 0 Å². The lowest BCUT2D eigenvalue weighted by atomic mass is 10.1. The van der Waals surface area contributed by atoms with E-state index in [0.29, 0.717) is 0 Å². The first kappa shape index (κ1) is 9.79. The Balaban J connectivity index is 2.44. The predicted molar refractivity (Wildman–Crippen MR) is 47.8 cm³/mol. The van der Waals surface area contributed by atoms with E-state index in [1.807, 2.05) is 0 Å². The lowest BCUT2D eigenvalue weighted by Gasteiger charge is -1.97. The van der Waals surface area contributed by atoms with Crippen LogP contribution in [-0.4, -0.2) is 10.3 Å². The molecule has 0 radical (unpaired) electrons. The van der Waals surface area contributed by atoms with Gasteiger partial charge in [-0.05, 0) is 12.1 Å². The van der Waals surface area contributed by atoms with Crippen LogP contribution in [0.2, 0.25) is 0 Å². The van der Waals surface area contributed by atoms with Crippen molar-refractivity contribution in [2.45, 2.75) is 6.61 Å². The van der Waals surface area contributed by atoms with E-state index >= 15 is 0 Å². The summed E-state index contributed by atoms with van der Waals surface area (Å²) in [6, 6.07) is 4.56. The number of aliphatic hydroxyl groups is 1. The summed E-state index contributed by atoms with van der Waals surface area (Å²) in [5.74, 6) is -1.14. The Morgan fingerprint density at radius 2 is 2.07 bits per heavy atom. The highest BCUT2D eigenvalue weighted by Crippen LogP contribution is 2.22. The maximum absolute atomic E-state index is 13.3. The lowest BCUT2D eigenvalue weighted by Crippen LogP contribution is -1.85. The minimum Gasteiger partial charge on any atom is -0.388 e. The molecular weight excluding hydrogens is 204 g/mol. The van der Waals surface area contributed by atoms with Crippen LogP contribution in [-0.2, 0) is 6.61 Å². The zero-order valence-electron chi connectivity index (χ0n) is 7.58. The molecule has 2 aromatic rings. The second-order valence-electron chi connectivity index (χ2n) is 2.96. The molecule has 0 aliphatic carbocycles. The van der Waals surface area contributed by atoms with Crippen molar-refractivity contribution < 1.29 is 18.4 Å². The topological polar surface area (TPSA) is 46.3 Å². The van der Waals surface area contributed by atoms with E-state index in [4.69, 9.17) is 9.63 Å². The van der Waals surface area contributed by atoms with Gasteiger partial charge in [-0.15, -0.1) is 0 Å². The van der Waals surface area contributed by atoms with Gasteiger partial charge in [0.25, 0.3) is 0 Å². The molecule has 0 bridgehead atoms. The monoisotopic (exact) mass is 211 g/mol. The van der Waals surface area contributed by atoms with Gasteiger partial charge in [0.15, 0.2) is 5.76 Å². The third-order valence-corrected chi connectivity index (χ3v) is 1.92. The van der Waals surface area contributed by atoms with Crippen molar-refractivity contribution in [3.63, 3.8) is 0 Å². The minimum atomic E-state index is -0.715. The van der Waals surface area contributed by atoms with Crippen LogP contribution in [0.4, 0.5) is 8.78 Å². The van der Waals surface area contributed by atoms with E-state index in [-0.39, 0.29) is 23.6 Å². The van der Waals surface area contributed by atoms with Crippen molar-refractivity contribution in [2.24, 2.45) is 0 Å². The number of aliphatic hydroxyl groups excluding tert-OH is 1. The number of hydrogen-bond acceptors (Lipinski definition) is 3. The Labute approximate surface area is 83.9 Å². The van der Waals surface area contributed by atoms with Crippen molar-refractivity contribution in [3.8, 4) is 11.3 Å². The standard InChI is InChI=1S/C10H7F2NO2/c11-6-1-2-8(9(12)3-6)10-4-7(5-14)15-13-10/h1-4,14H,5H2. The van der Waals surface area contributed by atoms with Gasteiger partial charge in [0.2, 0.25) is 0 Å². The fourth-order valence-corrected chi connectivity index (χ4v) is 1.21. The molecule has 0 aliphatic rings. The molecule has 1 N–H and O–H groups in total. The Morgan fingerprint density at radius 3 is 2.67 bits per heavy atom. The van der Waals surface area contributed by atoms with Crippen LogP contribution in [0.25, 0.3) is 11.3 Å². The van der Waals surface area contributed by atoms with Crippen LogP contribution in [0.5, 0.6) is 0 Å². The fourth-order valence-electron chi connectivity index (χ4n) is 1.21. The average Bonchev–Trinajstić information content (AvgIpc) is 2.66. The number of hydrogen-bond donors (Lipinski definition) is 1. The highest BCUT2D eigenvalue weighted by Gasteiger charge is 2.11. The van der Waals surface area contributed by atoms with Crippen LogP contribution in [0.1, 0.15) is 5.76 Å². The molecule has 0 saturated heterocycles. The average molecular weight is 211 g/mol. The summed E-state index contributed by atoms with van der Waals surface area (Å²) in [4.78, 5) is 0. The smallest absolute Gasteiger partial charge is 0.162 e. The third kappa shape index (κ3) is 1.87. The summed E-state index contributed by atoms with van der Waals surface area (Å²) < 4.78 is 30.6. The molecule has 0 aliphatic heterocycles. The second-order valence-corrected chi connectivity index (χ2v) is 2.96. The summed E-state index contributed by atoms with van der Waals surface area (Å²) in [7, 11) is 0. The quantitative estimate of drug-likeness (QED) is 0.827. The lowest BCUT2D eigenvalue weighted by molar-refractivity contribution is 0.229. The molecule has 0 spiro atoms. The molecule has 0 atom stereocenters. The fraction of sp³-hybridized carbons (Fsp3) is 0.100. The minimum absolute atomic E-state index is 0.139. The van der Waals surface area contributed by atoms with Crippen molar-refractivity contribution in [3.05, 3.63) is 41.7 Å². The molecule has 0 unspecified atom stereocenters. The van der Waals surface area contributed by atoms with Crippen LogP contribution in [0, 0.1) is 11.6 Å². The zero-order chi connectivity index (χ0) is 10.8. The summed E-state index contributed by atoms with van der Waals surface area (Å²) in [5.41, 5.74) is 0.372. The van der Waals surface area contributed by atoms with Gasteiger partial charge in [-0.2, -0.15) is 0 Å². The molecule has 2 rings (SSSR count). The Bertz CT molecular complexity index is 482. The summed E-state index contributed by atoms with van der Waals surface area (Å²) in [5, 5.41) is 12.3. The van der Waals surface area contributed by atoms with E-state index < -0.39 is 11.6 Å². The normalized spacial score (nSPS) is 10.6. The summed E-state index contributed by atoms with van der Waals surface area (Å²) >= 11 is 0. The van der Waals surface area contributed by atoms with Gasteiger partial charge in [0, 0.05) is 17.7 Å². The van der Waals surface area contributed by atoms with Gasteiger partial charge in [0.05, 0.1) is 0 Å². The van der Waals surface area contributed by atoms with Crippen molar-refractivity contribution >= 4 is 0 Å². The van der Waals surface area contributed by atoms with Crippen LogP contribution in [0.15, 0.2) is 28.8 Å². The van der Waals surface area contributed by atoms with Gasteiger partial charge in [0.1, 0.15) is 23.9 Å². The Hall–Kier alpha value is -1.75. The molecule has 1 aromatic carbocycles. The van der Waals surface area contributed by atoms with Crippen LogP contribution < -0.4 is 0 Å². The number of aromatic nitrogens is 1. The van der Waals surface area contributed by atoms with Crippen LogP contribution >= 0.6 is 0 Å². The predicted octanol–water partition coefficient (Wildman–Crippen LogP) is 2.11. The molecule has 0 amide bonds. The molecule has 5 heteroatoms. The van der Waals surface area contributed by atoms with Gasteiger partial charge in [-0.1, -0.05) is 5.16 Å². The largest absolute Gasteiger partial charge is 0.388 e. The number of rotatable bonds is 2. The van der Waals surface area contributed by atoms with Crippen molar-refractivity contribution in [1.82, 2.24) is 5.16 Å². The van der Waals surface area contributed by atoms with Gasteiger partial charge in [-0.25, -0.2) is 8.78 Å². The number of benzene rings is 1. The first-order valence-electron chi connectivity index (χ1n) is 4.22. The molecule has 15 heavy (non-hydrogen) atoms. The van der Waals surface area contributed by atoms with E-state index in [2.05, 4.69) is 5.16 Å². The Morgan fingerprint density at radius 1 is 1.27 bits per heavy atom. The van der Waals surface area contributed by atoms with E-state index in [0.717, 1.165) is 12.1 Å². The SMILES string of the molecule is OCc1cc(-c2ccc(F)cc2F)no1. The van der Waals surface area contributed by atoms with Gasteiger partial charge in [-0.3, -0.25) is 0 Å². The second kappa shape index (κ2) is 3.78. The third-order valence-electron chi connectivity index (χ3n) is 1.92. The van der Waals surface area contributed by atoms with E-state index in [9.17, 15) is 8.78 Å². The molecule has 0 fully saturated rings. The highest BCUT2D eigenvalue weighted by atomic mass is 19.1. The molecule has 0 saturated carbocycles. The zero-order valence-corrected chi connectivity index (χ0v) is 7.58. The van der Waals surface area contributed by atoms with Gasteiger partial charge >= 0.3 is 0 Å². The first-order valence-corrected chi connectivity index (χ1v) is 4.22. The highest BCUT2D eigenvalue weighted by molar-refractivity contribution is 5.59. The molecule has 78 valence electrons. The molecular formula is C10H7F2NO2. The van der Waals surface area contributed by atoms with Crippen molar-refractivity contribution in [1.29, 1.82) is 0 Å². The maximum atomic E-state index is 13.3. The number of halogens is 2. The first-order chi connectivity index (χ1) is 7.20. The summed E-state index contributed by atoms with van der Waals surface area (Å²) in [6.45, 7) is -0.310. The maximum Gasteiger partial charge on any atom is 0.162 e.